The predicted octanol–water partition coefficient (Wildman–Crippen LogP) is 0.877. The van der Waals surface area contributed by atoms with Crippen molar-refractivity contribution in [2.24, 2.45) is 0 Å². The highest BCUT2D eigenvalue weighted by molar-refractivity contribution is 5.97. The number of piperazine rings is 1. The van der Waals surface area contributed by atoms with Crippen molar-refractivity contribution in [1.29, 1.82) is 0 Å². The number of nitrogens with zero attached hydrogens (tertiary/aromatic N) is 3. The van der Waals surface area contributed by atoms with E-state index < -0.39 is 5.82 Å². The molecule has 0 radical (unpaired) electrons. The van der Waals surface area contributed by atoms with E-state index in [9.17, 15) is 9.18 Å². The predicted molar refractivity (Wildman–Crippen MR) is 131 cm³/mol. The second kappa shape index (κ2) is 10.6. The van der Waals surface area contributed by atoms with Crippen molar-refractivity contribution >= 4 is 40.0 Å². The normalized spacial score (nSPS) is 14.9. The number of nitrogens with one attached hydrogen (secondary N) is 3. The molecule has 2 aliphatic rings. The highest BCUT2D eigenvalue weighted by Crippen LogP contribution is 2.30. The number of furan rings is 1. The molecule has 1 saturated heterocycles. The summed E-state index contributed by atoms with van der Waals surface area (Å²) < 4.78 is 20.2. The summed E-state index contributed by atoms with van der Waals surface area (Å²) in [5, 5.41) is 10.0. The Balaban J connectivity index is 0.00000168. The number of aromatic nitrogens is 2. The van der Waals surface area contributed by atoms with E-state index in [1.807, 2.05) is 18.2 Å². The van der Waals surface area contributed by atoms with Crippen LogP contribution in [0.2, 0.25) is 0 Å². The van der Waals surface area contributed by atoms with Gasteiger partial charge in [-0.2, -0.15) is 9.87 Å². The van der Waals surface area contributed by atoms with Gasteiger partial charge in [0.15, 0.2) is 23.1 Å². The minimum atomic E-state index is -0.600. The summed E-state index contributed by atoms with van der Waals surface area (Å²) in [6.07, 6.45) is 1.84. The van der Waals surface area contributed by atoms with Crippen LogP contribution in [0.1, 0.15) is 17.5 Å². The summed E-state index contributed by atoms with van der Waals surface area (Å²) in [6, 6.07) is 12.6. The van der Waals surface area contributed by atoms with Crippen molar-refractivity contribution in [3.63, 3.8) is 0 Å². The van der Waals surface area contributed by atoms with Gasteiger partial charge in [-0.25, -0.2) is 9.37 Å². The van der Waals surface area contributed by atoms with Gasteiger partial charge in [-0.15, -0.1) is 0 Å². The highest BCUT2D eigenvalue weighted by atomic mass is 35.5. The molecule has 6 rings (SSSR count). The Morgan fingerprint density at radius 2 is 1.89 bits per heavy atom. The van der Waals surface area contributed by atoms with Gasteiger partial charge in [0.1, 0.15) is 5.58 Å². The molecule has 0 bridgehead atoms. The zero-order valence-corrected chi connectivity index (χ0v) is 20.3. The fraction of sp³-hybridized carbons (Fsp3) is 0.240. The lowest BCUT2D eigenvalue weighted by atomic mass is 10.1. The van der Waals surface area contributed by atoms with Gasteiger partial charge in [0.2, 0.25) is 5.95 Å². The number of anilines is 4. The SMILES string of the molecule is O=C(c1cc2cc(Nc3ncc(F)c(Nc4ccc5c(c4)OOCC5)n3)ccc2o1)N1CCNCC1.[Cl-].[H+]. The van der Waals surface area contributed by atoms with Gasteiger partial charge in [0.05, 0.1) is 12.8 Å². The van der Waals surface area contributed by atoms with E-state index in [4.69, 9.17) is 14.2 Å². The van der Waals surface area contributed by atoms with Crippen molar-refractivity contribution in [3.8, 4) is 5.75 Å². The zero-order valence-electron chi connectivity index (χ0n) is 20.6. The maximum atomic E-state index is 14.4. The van der Waals surface area contributed by atoms with Gasteiger partial charge >= 0.3 is 1.43 Å². The summed E-state index contributed by atoms with van der Waals surface area (Å²) in [7, 11) is 0. The highest BCUT2D eigenvalue weighted by Gasteiger charge is 2.21. The van der Waals surface area contributed by atoms with Crippen molar-refractivity contribution in [1.82, 2.24) is 20.2 Å². The average molecular weight is 527 g/mol. The maximum Gasteiger partial charge on any atom is 1.00 e. The van der Waals surface area contributed by atoms with E-state index in [1.165, 1.54) is 0 Å². The minimum Gasteiger partial charge on any atom is -1.00 e. The van der Waals surface area contributed by atoms with Crippen LogP contribution in [0, 0.1) is 5.82 Å². The van der Waals surface area contributed by atoms with E-state index in [2.05, 4.69) is 25.9 Å². The second-order valence-corrected chi connectivity index (χ2v) is 8.52. The summed E-state index contributed by atoms with van der Waals surface area (Å²) >= 11 is 0. The first-order chi connectivity index (χ1) is 17.6. The van der Waals surface area contributed by atoms with Crippen molar-refractivity contribution in [2.75, 3.05) is 43.4 Å². The standard InChI is InChI=1S/C25H23FN6O4.ClH/c26-19-14-28-25(31-23(19)29-18-2-1-15-5-10-34-36-21(15)13-18)30-17-3-4-20-16(11-17)12-22(35-20)24(33)32-8-6-27-7-9-32;/h1-4,11-14,27H,5-10H2,(H2,28,29,30,31);1H. The van der Waals surface area contributed by atoms with E-state index in [0.29, 0.717) is 48.2 Å². The largest absolute Gasteiger partial charge is 1.00 e. The molecule has 2 aliphatic heterocycles. The monoisotopic (exact) mass is 526 g/mol. The summed E-state index contributed by atoms with van der Waals surface area (Å²) in [5.41, 5.74) is 2.88. The van der Waals surface area contributed by atoms with Crippen LogP contribution < -0.4 is 33.2 Å². The number of hydrogen-bond donors (Lipinski definition) is 3. The van der Waals surface area contributed by atoms with Gasteiger partial charge in [-0.05, 0) is 30.3 Å². The molecule has 4 heterocycles. The van der Waals surface area contributed by atoms with E-state index in [0.717, 1.165) is 36.7 Å². The molecule has 192 valence electrons. The first-order valence-electron chi connectivity index (χ1n) is 11.6. The molecule has 12 heteroatoms. The zero-order chi connectivity index (χ0) is 24.5. The third-order valence-corrected chi connectivity index (χ3v) is 6.06. The van der Waals surface area contributed by atoms with Gasteiger partial charge in [-0.1, -0.05) is 6.07 Å². The van der Waals surface area contributed by atoms with Gasteiger partial charge < -0.3 is 42.6 Å². The Labute approximate surface area is 219 Å². The number of halogens is 2. The fourth-order valence-corrected chi connectivity index (χ4v) is 4.20. The van der Waals surface area contributed by atoms with Crippen molar-refractivity contribution in [2.45, 2.75) is 6.42 Å². The molecule has 1 fully saturated rings. The lowest BCUT2D eigenvalue weighted by molar-refractivity contribution is -0.215. The lowest BCUT2D eigenvalue weighted by Gasteiger charge is -2.26. The molecule has 0 atom stereocenters. The Morgan fingerprint density at radius 1 is 1.08 bits per heavy atom. The molecule has 0 aliphatic carbocycles. The molecule has 1 amide bonds. The van der Waals surface area contributed by atoms with Crippen LogP contribution in [0.3, 0.4) is 0 Å². The second-order valence-electron chi connectivity index (χ2n) is 8.52. The van der Waals surface area contributed by atoms with Crippen LogP contribution in [0.25, 0.3) is 11.0 Å². The number of fused-ring (bicyclic) bond motifs is 2. The molecule has 0 spiro atoms. The Kier molecular flexibility index (Phi) is 7.08. The molecule has 4 aromatic rings. The number of carbonyl (C=O) groups is 1. The fourth-order valence-electron chi connectivity index (χ4n) is 4.20. The summed E-state index contributed by atoms with van der Waals surface area (Å²) in [5.74, 6) is 0.375. The minimum absolute atomic E-state index is 0. The first-order valence-corrected chi connectivity index (χ1v) is 11.6. The number of rotatable bonds is 5. The van der Waals surface area contributed by atoms with Crippen LogP contribution >= 0.6 is 0 Å². The Bertz CT molecular complexity index is 1450. The number of hydrogen-bond acceptors (Lipinski definition) is 9. The van der Waals surface area contributed by atoms with Crippen LogP contribution in [0.5, 0.6) is 5.75 Å². The summed E-state index contributed by atoms with van der Waals surface area (Å²) in [4.78, 5) is 33.1. The average Bonchev–Trinajstić information content (AvgIpc) is 3.34. The van der Waals surface area contributed by atoms with Crippen molar-refractivity contribution < 1.29 is 37.2 Å². The van der Waals surface area contributed by atoms with Gasteiger partial charge in [0, 0.05) is 61.0 Å². The maximum absolute atomic E-state index is 14.4. The number of benzene rings is 2. The molecule has 0 saturated carbocycles. The molecular formula is C25H24ClFN6O4. The molecule has 3 N–H and O–H groups in total. The molecule has 0 unspecified atom stereocenters. The van der Waals surface area contributed by atoms with Crippen LogP contribution in [-0.2, 0) is 11.3 Å². The molecule has 10 nitrogen and oxygen atoms in total. The van der Waals surface area contributed by atoms with Crippen LogP contribution in [0.15, 0.2) is 53.1 Å². The topological polar surface area (TPSA) is 114 Å². The molecular weight excluding hydrogens is 503 g/mol. The van der Waals surface area contributed by atoms with Crippen LogP contribution in [0.4, 0.5) is 27.5 Å². The third kappa shape index (κ3) is 5.29. The Morgan fingerprint density at radius 3 is 2.76 bits per heavy atom. The lowest BCUT2D eigenvalue weighted by Crippen LogP contribution is -3.00. The van der Waals surface area contributed by atoms with Gasteiger partial charge in [0.25, 0.3) is 5.91 Å². The number of amides is 1. The van der Waals surface area contributed by atoms with Crippen LogP contribution in [-0.4, -0.2) is 53.6 Å². The van der Waals surface area contributed by atoms with E-state index in [1.54, 1.807) is 29.2 Å². The molecule has 2 aromatic carbocycles. The van der Waals surface area contributed by atoms with Gasteiger partial charge in [-0.3, -0.25) is 4.79 Å². The van der Waals surface area contributed by atoms with Crippen molar-refractivity contribution in [3.05, 3.63) is 65.8 Å². The third-order valence-electron chi connectivity index (χ3n) is 6.06. The van der Waals surface area contributed by atoms with E-state index in [-0.39, 0.29) is 31.5 Å². The smallest absolute Gasteiger partial charge is 1.00 e. The first kappa shape index (κ1) is 24.8. The summed E-state index contributed by atoms with van der Waals surface area (Å²) in [6.45, 7) is 3.32. The Hall–Kier alpha value is -3.93. The molecule has 2 aromatic heterocycles. The van der Waals surface area contributed by atoms with E-state index >= 15 is 0 Å². The quantitative estimate of drug-likeness (QED) is 0.326. The number of carbonyl (C=O) groups excluding carboxylic acids is 1. The molecule has 37 heavy (non-hydrogen) atoms.